The minimum atomic E-state index is -1.03. The van der Waals surface area contributed by atoms with Crippen LogP contribution in [0.25, 0.3) is 0 Å². The molecule has 0 aromatic rings. The predicted molar refractivity (Wildman–Crippen MR) is 33.7 cm³/mol. The molecule has 0 radical (unpaired) electrons. The van der Waals surface area contributed by atoms with Crippen molar-refractivity contribution in [3.63, 3.8) is 0 Å². The van der Waals surface area contributed by atoms with Gasteiger partial charge in [0.25, 0.3) is 0 Å². The first-order chi connectivity index (χ1) is 3.13. The molecule has 2 nitrogen and oxygen atoms in total. The Bertz CT molecular complexity index is 104. The third-order valence-corrected chi connectivity index (χ3v) is 0.511. The van der Waals surface area contributed by atoms with E-state index in [4.69, 9.17) is 5.11 Å². The molecule has 40 valence electrons. The molecule has 0 aromatic carbocycles. The van der Waals surface area contributed by atoms with E-state index in [1.807, 2.05) is 0 Å². The number of aliphatic carboxylic acids is 1. The van der Waals surface area contributed by atoms with Crippen LogP contribution in [0.15, 0.2) is 10.3 Å². The maximum atomic E-state index is 9.64. The highest BCUT2D eigenvalue weighted by Gasteiger charge is 1.85. The fourth-order valence-corrected chi connectivity index (χ4v) is 0.331. The molecular formula is C3H4O2S2. The smallest absolute Gasteiger partial charge is 0.329 e. The van der Waals surface area contributed by atoms with Crippen molar-refractivity contribution in [2.75, 3.05) is 0 Å². The molecular weight excluding hydrogens is 132 g/mol. The molecule has 0 rings (SSSR count). The molecule has 0 heterocycles. The van der Waals surface area contributed by atoms with Gasteiger partial charge in [-0.1, -0.05) is 0 Å². The van der Waals surface area contributed by atoms with E-state index < -0.39 is 5.97 Å². The monoisotopic (exact) mass is 136 g/mol. The van der Waals surface area contributed by atoms with Gasteiger partial charge in [-0.3, -0.25) is 0 Å². The van der Waals surface area contributed by atoms with Crippen molar-refractivity contribution >= 4 is 31.2 Å². The molecule has 4 heteroatoms. The molecule has 0 unspecified atom stereocenters. The fourth-order valence-electron chi connectivity index (χ4n) is 0.110. The van der Waals surface area contributed by atoms with Gasteiger partial charge in [-0.2, -0.15) is 0 Å². The molecule has 0 saturated carbocycles. The van der Waals surface area contributed by atoms with Crippen LogP contribution in [0.3, 0.4) is 0 Å². The van der Waals surface area contributed by atoms with Crippen LogP contribution in [0.5, 0.6) is 0 Å². The lowest BCUT2D eigenvalue weighted by molar-refractivity contribution is -0.131. The number of carbonyl (C=O) groups is 1. The summed E-state index contributed by atoms with van der Waals surface area (Å²) in [6.45, 7) is 0. The summed E-state index contributed by atoms with van der Waals surface area (Å²) in [4.78, 5) is 9.64. The van der Waals surface area contributed by atoms with E-state index in [0.29, 0.717) is 0 Å². The first kappa shape index (κ1) is 6.91. The Morgan fingerprint density at radius 2 is 2.00 bits per heavy atom. The highest BCUT2D eigenvalue weighted by atomic mass is 32.2. The van der Waals surface area contributed by atoms with E-state index in [1.165, 1.54) is 0 Å². The zero-order valence-corrected chi connectivity index (χ0v) is 5.12. The third-order valence-electron chi connectivity index (χ3n) is 0.253. The zero-order chi connectivity index (χ0) is 5.86. The summed E-state index contributed by atoms with van der Waals surface area (Å²) in [5.41, 5.74) is 0. The number of thiol groups is 2. The first-order valence-corrected chi connectivity index (χ1v) is 2.35. The van der Waals surface area contributed by atoms with E-state index >= 15 is 0 Å². The summed E-state index contributed by atoms with van der Waals surface area (Å²) in [7, 11) is 0. The Labute approximate surface area is 52.0 Å². The van der Waals surface area contributed by atoms with Crippen LogP contribution in [0, 0.1) is 0 Å². The molecule has 0 bridgehead atoms. The van der Waals surface area contributed by atoms with Crippen molar-refractivity contribution in [3.05, 3.63) is 10.3 Å². The SMILES string of the molecule is O=C(O)C=C(S)S. The number of hydrogen-bond donors (Lipinski definition) is 3. The van der Waals surface area contributed by atoms with Crippen molar-refractivity contribution in [3.8, 4) is 0 Å². The molecule has 1 N–H and O–H groups in total. The summed E-state index contributed by atoms with van der Waals surface area (Å²) in [5.74, 6) is -1.03. The Morgan fingerprint density at radius 3 is 2.00 bits per heavy atom. The van der Waals surface area contributed by atoms with Gasteiger partial charge in [0, 0.05) is 10.3 Å². The number of carboxylic acids is 1. The average molecular weight is 136 g/mol. The lowest BCUT2D eigenvalue weighted by Crippen LogP contribution is -1.85. The van der Waals surface area contributed by atoms with Crippen LogP contribution in [-0.4, -0.2) is 11.1 Å². The van der Waals surface area contributed by atoms with E-state index in [1.54, 1.807) is 0 Å². The van der Waals surface area contributed by atoms with E-state index in [9.17, 15) is 4.79 Å². The summed E-state index contributed by atoms with van der Waals surface area (Å²) >= 11 is 7.16. The van der Waals surface area contributed by atoms with Gasteiger partial charge in [-0.05, 0) is 0 Å². The second-order valence-electron chi connectivity index (χ2n) is 0.841. The van der Waals surface area contributed by atoms with Gasteiger partial charge < -0.3 is 5.11 Å². The Balaban J connectivity index is 3.68. The second-order valence-corrected chi connectivity index (χ2v) is 2.16. The maximum Gasteiger partial charge on any atom is 0.329 e. The number of hydrogen-bond acceptors (Lipinski definition) is 3. The minimum Gasteiger partial charge on any atom is -0.478 e. The van der Waals surface area contributed by atoms with Crippen molar-refractivity contribution in [1.29, 1.82) is 0 Å². The molecule has 0 aliphatic carbocycles. The van der Waals surface area contributed by atoms with Crippen LogP contribution in [0.1, 0.15) is 0 Å². The third kappa shape index (κ3) is 5.91. The van der Waals surface area contributed by atoms with Gasteiger partial charge in [0.2, 0.25) is 0 Å². The van der Waals surface area contributed by atoms with Crippen LogP contribution < -0.4 is 0 Å². The largest absolute Gasteiger partial charge is 0.478 e. The molecule has 0 fully saturated rings. The molecule has 0 aromatic heterocycles. The lowest BCUT2D eigenvalue weighted by Gasteiger charge is -1.78. The summed E-state index contributed by atoms with van der Waals surface area (Å²) < 4.78 is 0.201. The zero-order valence-electron chi connectivity index (χ0n) is 3.33. The Kier molecular flexibility index (Phi) is 2.95. The lowest BCUT2D eigenvalue weighted by atomic mass is 10.7. The average Bonchev–Trinajstić information content (AvgIpc) is 1.27. The molecule has 0 aliphatic rings. The molecule has 0 amide bonds. The Morgan fingerprint density at radius 1 is 1.57 bits per heavy atom. The minimum absolute atomic E-state index is 0.201. The summed E-state index contributed by atoms with van der Waals surface area (Å²) in [6, 6.07) is 0. The van der Waals surface area contributed by atoms with E-state index in [2.05, 4.69) is 25.3 Å². The van der Waals surface area contributed by atoms with Gasteiger partial charge in [0.05, 0.1) is 0 Å². The maximum absolute atomic E-state index is 9.64. The van der Waals surface area contributed by atoms with Crippen LogP contribution >= 0.6 is 25.3 Å². The van der Waals surface area contributed by atoms with Crippen molar-refractivity contribution in [2.24, 2.45) is 0 Å². The van der Waals surface area contributed by atoms with Crippen molar-refractivity contribution in [2.45, 2.75) is 0 Å². The Hall–Kier alpha value is -0.0900. The molecule has 0 saturated heterocycles. The second kappa shape index (κ2) is 2.98. The molecule has 0 atom stereocenters. The number of rotatable bonds is 1. The molecule has 0 aliphatic heterocycles. The summed E-state index contributed by atoms with van der Waals surface area (Å²) in [5, 5.41) is 7.91. The van der Waals surface area contributed by atoms with Crippen molar-refractivity contribution in [1.82, 2.24) is 0 Å². The van der Waals surface area contributed by atoms with E-state index in [0.717, 1.165) is 6.08 Å². The molecule has 7 heavy (non-hydrogen) atoms. The van der Waals surface area contributed by atoms with Gasteiger partial charge in [0.15, 0.2) is 0 Å². The topological polar surface area (TPSA) is 37.3 Å². The first-order valence-electron chi connectivity index (χ1n) is 1.45. The highest BCUT2D eigenvalue weighted by molar-refractivity contribution is 8.05. The quantitative estimate of drug-likeness (QED) is 0.368. The van der Waals surface area contributed by atoms with Gasteiger partial charge in [-0.15, -0.1) is 25.3 Å². The van der Waals surface area contributed by atoms with Gasteiger partial charge in [-0.25, -0.2) is 4.79 Å². The van der Waals surface area contributed by atoms with Crippen LogP contribution in [-0.2, 0) is 4.79 Å². The fraction of sp³-hybridized carbons (Fsp3) is 0. The van der Waals surface area contributed by atoms with Crippen molar-refractivity contribution < 1.29 is 9.90 Å². The summed E-state index contributed by atoms with van der Waals surface area (Å²) in [6.07, 6.45) is 0.895. The standard InChI is InChI=1S/C3H4O2S2/c4-2(5)1-3(6)7/h1,6-7H,(H,4,5). The van der Waals surface area contributed by atoms with Crippen LogP contribution in [0.2, 0.25) is 0 Å². The van der Waals surface area contributed by atoms with Gasteiger partial charge >= 0.3 is 5.97 Å². The van der Waals surface area contributed by atoms with Crippen LogP contribution in [0.4, 0.5) is 0 Å². The molecule has 0 spiro atoms. The van der Waals surface area contributed by atoms with E-state index in [-0.39, 0.29) is 4.24 Å². The number of carboxylic acid groups (broad SMARTS) is 1. The normalized spacial score (nSPS) is 7.71. The predicted octanol–water partition coefficient (Wildman–Crippen LogP) is 0.772. The van der Waals surface area contributed by atoms with Gasteiger partial charge in [0.1, 0.15) is 0 Å². The highest BCUT2D eigenvalue weighted by Crippen LogP contribution is 2.02.